The Bertz CT molecular complexity index is 1160. The van der Waals surface area contributed by atoms with Crippen molar-refractivity contribution in [3.63, 3.8) is 0 Å². The predicted molar refractivity (Wildman–Crippen MR) is 113 cm³/mol. The fraction of sp³-hybridized carbons (Fsp3) is 0.545. The summed E-state index contributed by atoms with van der Waals surface area (Å²) in [5, 5.41) is 8.65. The predicted octanol–water partition coefficient (Wildman–Crippen LogP) is 4.36. The van der Waals surface area contributed by atoms with E-state index >= 15 is 0 Å². The van der Waals surface area contributed by atoms with Crippen LogP contribution in [-0.2, 0) is 13.2 Å². The molecule has 1 saturated heterocycles. The van der Waals surface area contributed by atoms with Crippen molar-refractivity contribution in [2.24, 2.45) is 7.05 Å². The number of aromatic nitrogens is 5. The molecule has 1 atom stereocenters. The first kappa shape index (κ1) is 22.3. The Hall–Kier alpha value is -2.91. The molecule has 1 fully saturated rings. The van der Waals surface area contributed by atoms with Crippen LogP contribution in [0.4, 0.5) is 13.2 Å². The molecule has 0 N–H and O–H groups in total. The standard InChI is InChI=1S/C22H27F3N6O/c1-12(2)15-9-19(22(23,24)25)31-20(26-15)10-17(28-31)14-6-7-30(11-14)21(32)18-8-16(13(3)4)27-29(18)5/h8-10,12-14H,6-7,11H2,1-5H3/t14-/m1/s1. The lowest BCUT2D eigenvalue weighted by Crippen LogP contribution is -2.30. The molecule has 0 aromatic carbocycles. The molecule has 3 aromatic heterocycles. The maximum Gasteiger partial charge on any atom is 0.433 e. The second-order valence-corrected chi connectivity index (χ2v) is 9.03. The molecule has 0 bridgehead atoms. The summed E-state index contributed by atoms with van der Waals surface area (Å²) in [6.45, 7) is 8.54. The Morgan fingerprint density at radius 2 is 1.75 bits per heavy atom. The van der Waals surface area contributed by atoms with Crippen LogP contribution in [0.25, 0.3) is 5.65 Å². The molecule has 3 aromatic rings. The normalized spacial score (nSPS) is 17.3. The molecule has 0 spiro atoms. The topological polar surface area (TPSA) is 68.3 Å². The summed E-state index contributed by atoms with van der Waals surface area (Å²) >= 11 is 0. The molecular formula is C22H27F3N6O. The average molecular weight is 448 g/mol. The Balaban J connectivity index is 1.61. The van der Waals surface area contributed by atoms with E-state index in [0.717, 1.165) is 16.3 Å². The number of hydrogen-bond acceptors (Lipinski definition) is 4. The summed E-state index contributed by atoms with van der Waals surface area (Å²) in [7, 11) is 1.74. The largest absolute Gasteiger partial charge is 0.433 e. The highest BCUT2D eigenvalue weighted by Crippen LogP contribution is 2.33. The maximum atomic E-state index is 13.7. The molecule has 4 heterocycles. The molecule has 10 heteroatoms. The molecule has 0 saturated carbocycles. The fourth-order valence-corrected chi connectivity index (χ4v) is 4.03. The van der Waals surface area contributed by atoms with Crippen molar-refractivity contribution in [3.05, 3.63) is 46.7 Å². The molecule has 0 aliphatic carbocycles. The van der Waals surface area contributed by atoms with E-state index in [9.17, 15) is 18.0 Å². The molecule has 1 amide bonds. The van der Waals surface area contributed by atoms with Gasteiger partial charge in [-0.1, -0.05) is 27.7 Å². The molecule has 7 nitrogen and oxygen atoms in total. The summed E-state index contributed by atoms with van der Waals surface area (Å²) < 4.78 is 43.4. The average Bonchev–Trinajstić information content (AvgIpc) is 3.43. The summed E-state index contributed by atoms with van der Waals surface area (Å²) in [6, 6.07) is 4.48. The number of nitrogens with zero attached hydrogens (tertiary/aromatic N) is 6. The Kier molecular flexibility index (Phi) is 5.50. The van der Waals surface area contributed by atoms with Gasteiger partial charge in [0.25, 0.3) is 5.91 Å². The van der Waals surface area contributed by atoms with E-state index in [0.29, 0.717) is 36.6 Å². The minimum Gasteiger partial charge on any atom is -0.337 e. The van der Waals surface area contributed by atoms with Crippen molar-refractivity contribution >= 4 is 11.6 Å². The number of rotatable bonds is 4. The van der Waals surface area contributed by atoms with Crippen LogP contribution in [0.3, 0.4) is 0 Å². The number of fused-ring (bicyclic) bond motifs is 1. The third-order valence-corrected chi connectivity index (χ3v) is 5.95. The second kappa shape index (κ2) is 7.90. The Morgan fingerprint density at radius 3 is 2.34 bits per heavy atom. The van der Waals surface area contributed by atoms with Crippen molar-refractivity contribution in [3.8, 4) is 0 Å². The van der Waals surface area contributed by atoms with E-state index in [1.807, 2.05) is 13.8 Å². The highest BCUT2D eigenvalue weighted by Gasteiger charge is 2.37. The van der Waals surface area contributed by atoms with E-state index in [1.165, 1.54) is 0 Å². The van der Waals surface area contributed by atoms with Crippen LogP contribution < -0.4 is 0 Å². The molecule has 0 unspecified atom stereocenters. The van der Waals surface area contributed by atoms with Crippen LogP contribution >= 0.6 is 0 Å². The molecule has 1 aliphatic heterocycles. The van der Waals surface area contributed by atoms with Gasteiger partial charge in [0.15, 0.2) is 5.65 Å². The van der Waals surface area contributed by atoms with Gasteiger partial charge in [-0.05, 0) is 30.4 Å². The first-order valence-corrected chi connectivity index (χ1v) is 10.8. The maximum absolute atomic E-state index is 13.7. The van der Waals surface area contributed by atoms with E-state index in [4.69, 9.17) is 0 Å². The van der Waals surface area contributed by atoms with Gasteiger partial charge in [0.1, 0.15) is 11.4 Å². The van der Waals surface area contributed by atoms with Gasteiger partial charge in [0, 0.05) is 37.8 Å². The number of alkyl halides is 3. The molecule has 1 aliphatic rings. The van der Waals surface area contributed by atoms with Crippen molar-refractivity contribution < 1.29 is 18.0 Å². The molecular weight excluding hydrogens is 421 g/mol. The van der Waals surface area contributed by atoms with Gasteiger partial charge in [-0.2, -0.15) is 23.4 Å². The smallest absolute Gasteiger partial charge is 0.337 e. The zero-order valence-corrected chi connectivity index (χ0v) is 18.8. The van der Waals surface area contributed by atoms with E-state index in [-0.39, 0.29) is 29.3 Å². The van der Waals surface area contributed by atoms with Crippen LogP contribution in [-0.4, -0.2) is 48.3 Å². The summed E-state index contributed by atoms with van der Waals surface area (Å²) in [6.07, 6.45) is -3.91. The van der Waals surface area contributed by atoms with E-state index in [2.05, 4.69) is 15.2 Å². The van der Waals surface area contributed by atoms with E-state index < -0.39 is 11.9 Å². The zero-order valence-electron chi connectivity index (χ0n) is 18.8. The Labute approximate surface area is 184 Å². The number of amides is 1. The number of hydrogen-bond donors (Lipinski definition) is 0. The van der Waals surface area contributed by atoms with Crippen LogP contribution in [0.2, 0.25) is 0 Å². The lowest BCUT2D eigenvalue weighted by atomic mass is 10.1. The number of aryl methyl sites for hydroxylation is 1. The molecule has 4 rings (SSSR count). The van der Waals surface area contributed by atoms with Crippen LogP contribution in [0.1, 0.15) is 85.1 Å². The number of carbonyl (C=O) groups excluding carboxylic acids is 1. The van der Waals surface area contributed by atoms with Crippen molar-refractivity contribution in [2.75, 3.05) is 13.1 Å². The monoisotopic (exact) mass is 448 g/mol. The van der Waals surface area contributed by atoms with Gasteiger partial charge < -0.3 is 4.90 Å². The number of carbonyl (C=O) groups is 1. The van der Waals surface area contributed by atoms with Crippen LogP contribution in [0.15, 0.2) is 18.2 Å². The lowest BCUT2D eigenvalue weighted by molar-refractivity contribution is -0.142. The van der Waals surface area contributed by atoms with Gasteiger partial charge in [0.2, 0.25) is 0 Å². The molecule has 32 heavy (non-hydrogen) atoms. The highest BCUT2D eigenvalue weighted by atomic mass is 19.4. The SMILES string of the molecule is CC(C)c1cc(C(F)(F)F)n2nc([C@@H]3CCN(C(=O)c4cc(C(C)C)nn4C)C3)cc2n1. The number of halogens is 3. The third-order valence-electron chi connectivity index (χ3n) is 5.95. The second-order valence-electron chi connectivity index (χ2n) is 9.03. The highest BCUT2D eigenvalue weighted by molar-refractivity contribution is 5.93. The summed E-state index contributed by atoms with van der Waals surface area (Å²) in [5.74, 6) is -0.219. The first-order chi connectivity index (χ1) is 15.0. The van der Waals surface area contributed by atoms with Gasteiger partial charge in [-0.3, -0.25) is 9.48 Å². The minimum absolute atomic E-state index is 0.130. The lowest BCUT2D eigenvalue weighted by Gasteiger charge is -2.16. The van der Waals surface area contributed by atoms with Gasteiger partial charge in [0.05, 0.1) is 11.4 Å². The van der Waals surface area contributed by atoms with Crippen LogP contribution in [0, 0.1) is 0 Å². The van der Waals surface area contributed by atoms with Gasteiger partial charge in [-0.15, -0.1) is 0 Å². The van der Waals surface area contributed by atoms with E-state index in [1.54, 1.807) is 42.6 Å². The minimum atomic E-state index is -4.54. The zero-order chi connectivity index (χ0) is 23.4. The Morgan fingerprint density at radius 1 is 1.06 bits per heavy atom. The van der Waals surface area contributed by atoms with Crippen molar-refractivity contribution in [1.29, 1.82) is 0 Å². The first-order valence-electron chi connectivity index (χ1n) is 10.8. The van der Waals surface area contributed by atoms with Gasteiger partial charge >= 0.3 is 6.18 Å². The van der Waals surface area contributed by atoms with Crippen LogP contribution in [0.5, 0.6) is 0 Å². The molecule has 172 valence electrons. The quantitative estimate of drug-likeness (QED) is 0.595. The summed E-state index contributed by atoms with van der Waals surface area (Å²) in [4.78, 5) is 19.1. The van der Waals surface area contributed by atoms with Crippen molar-refractivity contribution in [2.45, 2.75) is 58.0 Å². The molecule has 0 radical (unpaired) electrons. The third kappa shape index (κ3) is 3.98. The van der Waals surface area contributed by atoms with Crippen molar-refractivity contribution in [1.82, 2.24) is 29.3 Å². The fourth-order valence-electron chi connectivity index (χ4n) is 4.03. The number of likely N-dealkylation sites (tertiary alicyclic amines) is 1. The summed E-state index contributed by atoms with van der Waals surface area (Å²) in [5.41, 5.74) is 1.59. The van der Waals surface area contributed by atoms with Gasteiger partial charge in [-0.25, -0.2) is 9.50 Å².